The smallest absolute Gasteiger partial charge is 0.407 e. The number of alkyl carbamates (subject to hydrolysis) is 1. The summed E-state index contributed by atoms with van der Waals surface area (Å²) in [5.41, 5.74) is -2.46. The molecule has 0 radical (unpaired) electrons. The molecular formula is C17H24F2N2O4. The number of halogens is 2. The average molecular weight is 358 g/mol. The number of carbonyl (C=O) groups is 2. The summed E-state index contributed by atoms with van der Waals surface area (Å²) in [6, 6.07) is 2.82. The molecule has 25 heavy (non-hydrogen) atoms. The second kappa shape index (κ2) is 8.24. The lowest BCUT2D eigenvalue weighted by atomic mass is 9.95. The Hall–Kier alpha value is -2.22. The fourth-order valence-corrected chi connectivity index (χ4v) is 1.97. The molecule has 0 aliphatic heterocycles. The van der Waals surface area contributed by atoms with Crippen LogP contribution in [0.1, 0.15) is 39.7 Å². The standard InChI is InChI=1S/C17H24F2N2O4/c1-16(2,3)25-15(23)20-8-7-14(22)21-10-17(4,24)12-6-5-11(18)9-13(12)19/h5-6,9,24H,7-8,10H2,1-4H3,(H,20,23)(H,21,22). The van der Waals surface area contributed by atoms with E-state index in [1.165, 1.54) is 6.92 Å². The summed E-state index contributed by atoms with van der Waals surface area (Å²) >= 11 is 0. The fourth-order valence-electron chi connectivity index (χ4n) is 1.97. The topological polar surface area (TPSA) is 87.7 Å². The Morgan fingerprint density at radius 2 is 1.80 bits per heavy atom. The molecule has 1 aromatic rings. The molecule has 0 saturated carbocycles. The van der Waals surface area contributed by atoms with E-state index in [2.05, 4.69) is 10.6 Å². The highest BCUT2D eigenvalue weighted by molar-refractivity contribution is 5.77. The van der Waals surface area contributed by atoms with E-state index in [1.807, 2.05) is 0 Å². The Balaban J connectivity index is 2.44. The molecule has 1 aromatic carbocycles. The number of nitrogens with one attached hydrogen (secondary N) is 2. The zero-order valence-corrected chi connectivity index (χ0v) is 14.8. The number of hydrogen-bond acceptors (Lipinski definition) is 4. The molecule has 0 spiro atoms. The predicted octanol–water partition coefficient (Wildman–Crippen LogP) is 2.20. The molecule has 1 rings (SSSR count). The van der Waals surface area contributed by atoms with E-state index in [1.54, 1.807) is 20.8 Å². The van der Waals surface area contributed by atoms with Gasteiger partial charge in [0, 0.05) is 24.6 Å². The Kier molecular flexibility index (Phi) is 6.87. The first-order valence-electron chi connectivity index (χ1n) is 7.82. The van der Waals surface area contributed by atoms with Crippen LogP contribution in [-0.4, -0.2) is 35.8 Å². The average Bonchev–Trinajstić information content (AvgIpc) is 2.43. The highest BCUT2D eigenvalue weighted by Crippen LogP contribution is 2.23. The second-order valence-electron chi connectivity index (χ2n) is 6.85. The minimum atomic E-state index is -1.70. The van der Waals surface area contributed by atoms with Gasteiger partial charge in [0.2, 0.25) is 5.91 Å². The van der Waals surface area contributed by atoms with Gasteiger partial charge in [-0.2, -0.15) is 0 Å². The van der Waals surface area contributed by atoms with Crippen molar-refractivity contribution in [2.75, 3.05) is 13.1 Å². The lowest BCUT2D eigenvalue weighted by Crippen LogP contribution is -2.40. The van der Waals surface area contributed by atoms with Gasteiger partial charge in [-0.25, -0.2) is 13.6 Å². The summed E-state index contributed by atoms with van der Waals surface area (Å²) in [5.74, 6) is -2.10. The quantitative estimate of drug-likeness (QED) is 0.728. The largest absolute Gasteiger partial charge is 0.444 e. The van der Waals surface area contributed by atoms with E-state index in [4.69, 9.17) is 4.74 Å². The Labute approximate surface area is 145 Å². The summed E-state index contributed by atoms with van der Waals surface area (Å²) in [6.07, 6.45) is -0.679. The first-order chi connectivity index (χ1) is 11.4. The van der Waals surface area contributed by atoms with Crippen LogP contribution >= 0.6 is 0 Å². The van der Waals surface area contributed by atoms with E-state index < -0.39 is 34.8 Å². The molecule has 0 bridgehead atoms. The fraction of sp³-hybridized carbons (Fsp3) is 0.529. The van der Waals surface area contributed by atoms with Crippen molar-refractivity contribution in [3.05, 3.63) is 35.4 Å². The molecule has 1 atom stereocenters. The maximum Gasteiger partial charge on any atom is 0.407 e. The minimum absolute atomic E-state index is 0.0405. The van der Waals surface area contributed by atoms with Crippen LogP contribution in [0.4, 0.5) is 13.6 Å². The van der Waals surface area contributed by atoms with Crippen molar-refractivity contribution in [3.63, 3.8) is 0 Å². The number of hydrogen-bond donors (Lipinski definition) is 3. The Morgan fingerprint density at radius 1 is 1.16 bits per heavy atom. The van der Waals surface area contributed by atoms with Gasteiger partial charge in [-0.3, -0.25) is 4.79 Å². The van der Waals surface area contributed by atoms with Crippen LogP contribution in [0.3, 0.4) is 0 Å². The van der Waals surface area contributed by atoms with Crippen LogP contribution < -0.4 is 10.6 Å². The third-order valence-corrected chi connectivity index (χ3v) is 3.16. The van der Waals surface area contributed by atoms with E-state index in [9.17, 15) is 23.5 Å². The SMILES string of the molecule is CC(C)(C)OC(=O)NCCC(=O)NCC(C)(O)c1ccc(F)cc1F. The van der Waals surface area contributed by atoms with Gasteiger partial charge in [0.1, 0.15) is 22.8 Å². The van der Waals surface area contributed by atoms with Crippen molar-refractivity contribution < 1.29 is 28.2 Å². The summed E-state index contributed by atoms with van der Waals surface area (Å²) < 4.78 is 31.7. The van der Waals surface area contributed by atoms with Gasteiger partial charge >= 0.3 is 6.09 Å². The van der Waals surface area contributed by atoms with Crippen LogP contribution in [0.15, 0.2) is 18.2 Å². The Bertz CT molecular complexity index is 628. The van der Waals surface area contributed by atoms with Crippen molar-refractivity contribution >= 4 is 12.0 Å². The van der Waals surface area contributed by atoms with Gasteiger partial charge < -0.3 is 20.5 Å². The molecule has 6 nitrogen and oxygen atoms in total. The lowest BCUT2D eigenvalue weighted by Gasteiger charge is -2.25. The summed E-state index contributed by atoms with van der Waals surface area (Å²) in [6.45, 7) is 6.25. The molecule has 0 heterocycles. The molecule has 8 heteroatoms. The maximum absolute atomic E-state index is 13.7. The van der Waals surface area contributed by atoms with Gasteiger partial charge in [-0.05, 0) is 33.8 Å². The molecule has 0 aliphatic rings. The number of amides is 2. The zero-order valence-electron chi connectivity index (χ0n) is 14.8. The molecule has 0 aliphatic carbocycles. The predicted molar refractivity (Wildman–Crippen MR) is 87.8 cm³/mol. The van der Waals surface area contributed by atoms with Gasteiger partial charge in [0.15, 0.2) is 0 Å². The molecule has 2 amide bonds. The van der Waals surface area contributed by atoms with Crippen LogP contribution in [0.2, 0.25) is 0 Å². The molecule has 140 valence electrons. The number of ether oxygens (including phenoxy) is 1. The monoisotopic (exact) mass is 358 g/mol. The van der Waals surface area contributed by atoms with Crippen LogP contribution in [-0.2, 0) is 15.1 Å². The number of carbonyl (C=O) groups excluding carboxylic acids is 2. The lowest BCUT2D eigenvalue weighted by molar-refractivity contribution is -0.122. The van der Waals surface area contributed by atoms with Gasteiger partial charge in [-0.15, -0.1) is 0 Å². The van der Waals surface area contributed by atoms with Crippen LogP contribution in [0.5, 0.6) is 0 Å². The van der Waals surface area contributed by atoms with Crippen LogP contribution in [0, 0.1) is 11.6 Å². The molecule has 0 saturated heterocycles. The summed E-state index contributed by atoms with van der Waals surface area (Å²) in [4.78, 5) is 23.2. The number of benzene rings is 1. The van der Waals surface area contributed by atoms with E-state index in [0.717, 1.165) is 12.1 Å². The van der Waals surface area contributed by atoms with Crippen molar-refractivity contribution in [1.29, 1.82) is 0 Å². The van der Waals surface area contributed by atoms with E-state index >= 15 is 0 Å². The molecule has 3 N–H and O–H groups in total. The normalized spacial score (nSPS) is 13.7. The number of aliphatic hydroxyl groups is 1. The highest BCUT2D eigenvalue weighted by atomic mass is 19.1. The molecular weight excluding hydrogens is 334 g/mol. The summed E-state index contributed by atoms with van der Waals surface area (Å²) in [7, 11) is 0. The molecule has 0 fully saturated rings. The van der Waals surface area contributed by atoms with Crippen molar-refractivity contribution in [1.82, 2.24) is 10.6 Å². The third kappa shape index (κ3) is 7.47. The van der Waals surface area contributed by atoms with E-state index in [-0.39, 0.29) is 25.1 Å². The van der Waals surface area contributed by atoms with Crippen molar-refractivity contribution in [3.8, 4) is 0 Å². The van der Waals surface area contributed by atoms with Gasteiger partial charge in [-0.1, -0.05) is 6.07 Å². The maximum atomic E-state index is 13.7. The highest BCUT2D eigenvalue weighted by Gasteiger charge is 2.27. The van der Waals surface area contributed by atoms with Crippen molar-refractivity contribution in [2.24, 2.45) is 0 Å². The first kappa shape index (κ1) is 20.8. The Morgan fingerprint density at radius 3 is 2.36 bits per heavy atom. The van der Waals surface area contributed by atoms with Gasteiger partial charge in [0.05, 0.1) is 6.54 Å². The second-order valence-corrected chi connectivity index (χ2v) is 6.85. The minimum Gasteiger partial charge on any atom is -0.444 e. The first-order valence-corrected chi connectivity index (χ1v) is 7.82. The van der Waals surface area contributed by atoms with Gasteiger partial charge in [0.25, 0.3) is 0 Å². The number of rotatable bonds is 6. The molecule has 1 unspecified atom stereocenters. The third-order valence-electron chi connectivity index (χ3n) is 3.16. The van der Waals surface area contributed by atoms with Crippen LogP contribution in [0.25, 0.3) is 0 Å². The van der Waals surface area contributed by atoms with Crippen molar-refractivity contribution in [2.45, 2.75) is 45.3 Å². The van der Waals surface area contributed by atoms with E-state index in [0.29, 0.717) is 6.07 Å². The molecule has 0 aromatic heterocycles. The summed E-state index contributed by atoms with van der Waals surface area (Å²) in [5, 5.41) is 15.2. The zero-order chi connectivity index (χ0) is 19.3.